The van der Waals surface area contributed by atoms with Crippen molar-refractivity contribution < 1.29 is 24.0 Å². The van der Waals surface area contributed by atoms with Gasteiger partial charge >= 0.3 is 12.1 Å². The zero-order chi connectivity index (χ0) is 30.9. The summed E-state index contributed by atoms with van der Waals surface area (Å²) in [6.45, 7) is 8.22. The molecule has 4 N–H and O–H groups in total. The van der Waals surface area contributed by atoms with Gasteiger partial charge in [0.1, 0.15) is 17.3 Å². The lowest BCUT2D eigenvalue weighted by Gasteiger charge is -2.23. The molecular formula is C29H40N8O5. The Balaban J connectivity index is 1.71. The van der Waals surface area contributed by atoms with Gasteiger partial charge in [0, 0.05) is 62.7 Å². The summed E-state index contributed by atoms with van der Waals surface area (Å²) in [5.74, 6) is 0.418. The molecule has 0 aliphatic carbocycles. The Morgan fingerprint density at radius 2 is 1.79 bits per heavy atom. The quantitative estimate of drug-likeness (QED) is 0.284. The number of aromatic nitrogens is 2. The van der Waals surface area contributed by atoms with Crippen LogP contribution in [0, 0.1) is 0 Å². The van der Waals surface area contributed by atoms with Crippen LogP contribution in [-0.4, -0.2) is 83.2 Å². The summed E-state index contributed by atoms with van der Waals surface area (Å²) in [5, 5.41) is 6.65. The first-order chi connectivity index (χ1) is 19.9. The van der Waals surface area contributed by atoms with E-state index in [4.69, 9.17) is 15.3 Å². The van der Waals surface area contributed by atoms with Crippen molar-refractivity contribution in [3.8, 4) is 11.1 Å². The smallest absolute Gasteiger partial charge is 0.408 e. The molecule has 0 unspecified atom stereocenters. The Hall–Kier alpha value is -4.52. The van der Waals surface area contributed by atoms with Gasteiger partial charge in [0.05, 0.1) is 18.8 Å². The van der Waals surface area contributed by atoms with Crippen molar-refractivity contribution >= 4 is 35.6 Å². The third-order valence-corrected chi connectivity index (χ3v) is 5.78. The average molecular weight is 581 g/mol. The van der Waals surface area contributed by atoms with Crippen LogP contribution in [0.2, 0.25) is 0 Å². The first kappa shape index (κ1) is 32.0. The number of hydroxylamine groups is 2. The minimum atomic E-state index is -0.593. The van der Waals surface area contributed by atoms with E-state index in [9.17, 15) is 14.4 Å². The van der Waals surface area contributed by atoms with Crippen molar-refractivity contribution in [2.45, 2.75) is 52.7 Å². The lowest BCUT2D eigenvalue weighted by Crippen LogP contribution is -2.39. The lowest BCUT2D eigenvalue weighted by molar-refractivity contribution is -0.181. The van der Waals surface area contributed by atoms with Crippen LogP contribution in [0.4, 0.5) is 15.3 Å². The molecule has 3 rings (SSSR count). The van der Waals surface area contributed by atoms with Gasteiger partial charge < -0.3 is 26.0 Å². The van der Waals surface area contributed by atoms with Gasteiger partial charge in [0.2, 0.25) is 0 Å². The summed E-state index contributed by atoms with van der Waals surface area (Å²) < 4.78 is 5.23. The number of ether oxygens (including phenoxy) is 1. The van der Waals surface area contributed by atoms with Gasteiger partial charge in [-0.15, -0.1) is 0 Å². The number of hydrogen-bond acceptors (Lipinski definition) is 9. The molecule has 0 fully saturated rings. The number of aliphatic imine (C=N–C) groups is 1. The molecule has 2 heterocycles. The number of carbonyl (C=O) groups excluding carboxylic acids is 3. The van der Waals surface area contributed by atoms with E-state index in [0.717, 1.165) is 16.7 Å². The molecule has 1 aromatic heterocycles. The van der Waals surface area contributed by atoms with Gasteiger partial charge in [-0.3, -0.25) is 9.63 Å². The Morgan fingerprint density at radius 3 is 2.43 bits per heavy atom. The Morgan fingerprint density at radius 1 is 1.07 bits per heavy atom. The molecule has 0 radical (unpaired) electrons. The molecule has 42 heavy (non-hydrogen) atoms. The predicted molar refractivity (Wildman–Crippen MR) is 159 cm³/mol. The van der Waals surface area contributed by atoms with E-state index in [-0.39, 0.29) is 38.1 Å². The number of carbonyl (C=O) groups is 3. The summed E-state index contributed by atoms with van der Waals surface area (Å²) in [7, 11) is 3.29. The van der Waals surface area contributed by atoms with Crippen molar-refractivity contribution in [2.75, 3.05) is 33.8 Å². The Bertz CT molecular complexity index is 1330. The van der Waals surface area contributed by atoms with Crippen LogP contribution in [-0.2, 0) is 20.9 Å². The maximum absolute atomic E-state index is 13.4. The number of nitrogens with zero attached hydrogens (tertiary/aromatic N) is 5. The standard InChI is InChI=1S/C29H40N8O5/c1-7-11-37(41-12-10-31-27(39)36(5)6)26(38)21-13-20-9-8-19(14-23(20)35-24(30)15-21)22-16-32-25(33-17-22)18-34-28(40)42-29(2,3)4/h8-9,13-14,16-17H,7,10-12,15,18H2,1-6H3,(H2,30,35)(H,31,39)(H,34,40). The molecule has 4 amide bonds. The normalized spacial score (nSPS) is 12.7. The number of hydrogen-bond donors (Lipinski definition) is 3. The first-order valence-corrected chi connectivity index (χ1v) is 13.7. The second-order valence-corrected chi connectivity index (χ2v) is 10.8. The van der Waals surface area contributed by atoms with Crippen LogP contribution < -0.4 is 16.4 Å². The molecule has 226 valence electrons. The highest BCUT2D eigenvalue weighted by molar-refractivity contribution is 6.05. The number of benzene rings is 1. The maximum Gasteiger partial charge on any atom is 0.408 e. The van der Waals surface area contributed by atoms with Gasteiger partial charge in [-0.1, -0.05) is 19.1 Å². The molecule has 2 aromatic rings. The Kier molecular flexibility index (Phi) is 11.0. The number of nitrogens with two attached hydrogens (primary N) is 1. The minimum Gasteiger partial charge on any atom is -0.444 e. The third-order valence-electron chi connectivity index (χ3n) is 5.78. The monoisotopic (exact) mass is 580 g/mol. The molecule has 0 saturated carbocycles. The molecule has 1 aliphatic heterocycles. The number of fused-ring (bicyclic) bond motifs is 1. The highest BCUT2D eigenvalue weighted by atomic mass is 16.7. The van der Waals surface area contributed by atoms with Crippen molar-refractivity contribution in [1.82, 2.24) is 30.6 Å². The molecular weight excluding hydrogens is 540 g/mol. The van der Waals surface area contributed by atoms with E-state index in [1.165, 1.54) is 9.96 Å². The number of alkyl carbamates (subject to hydrolysis) is 1. The minimum absolute atomic E-state index is 0.130. The van der Waals surface area contributed by atoms with Crippen LogP contribution >= 0.6 is 0 Å². The van der Waals surface area contributed by atoms with Crippen LogP contribution in [0.1, 0.15) is 51.9 Å². The van der Waals surface area contributed by atoms with Gasteiger partial charge in [-0.2, -0.15) is 0 Å². The fourth-order valence-corrected chi connectivity index (χ4v) is 3.83. The second kappa shape index (κ2) is 14.4. The summed E-state index contributed by atoms with van der Waals surface area (Å²) in [6.07, 6.45) is 5.40. The predicted octanol–water partition coefficient (Wildman–Crippen LogP) is 3.39. The molecule has 0 spiro atoms. The van der Waals surface area contributed by atoms with Crippen LogP contribution in [0.15, 0.2) is 41.2 Å². The van der Waals surface area contributed by atoms with Crippen molar-refractivity contribution in [2.24, 2.45) is 10.7 Å². The molecule has 13 heteroatoms. The second-order valence-electron chi connectivity index (χ2n) is 10.8. The molecule has 1 aromatic carbocycles. The van der Waals surface area contributed by atoms with Crippen molar-refractivity contribution in [3.05, 3.63) is 47.6 Å². The lowest BCUT2D eigenvalue weighted by atomic mass is 10.0. The third kappa shape index (κ3) is 9.54. The van der Waals surface area contributed by atoms with Crippen LogP contribution in [0.3, 0.4) is 0 Å². The average Bonchev–Trinajstić information content (AvgIpc) is 3.09. The molecule has 0 saturated heterocycles. The Labute approximate surface area is 246 Å². The van der Waals surface area contributed by atoms with Crippen molar-refractivity contribution in [3.63, 3.8) is 0 Å². The number of amides is 4. The first-order valence-electron chi connectivity index (χ1n) is 13.7. The van der Waals surface area contributed by atoms with E-state index < -0.39 is 11.7 Å². The number of amidine groups is 1. The molecule has 0 bridgehead atoms. The van der Waals surface area contributed by atoms with Crippen LogP contribution in [0.5, 0.6) is 0 Å². The van der Waals surface area contributed by atoms with E-state index in [2.05, 4.69) is 25.6 Å². The number of nitrogens with one attached hydrogen (secondary N) is 2. The largest absolute Gasteiger partial charge is 0.444 e. The number of rotatable bonds is 10. The fraction of sp³-hybridized carbons (Fsp3) is 0.448. The summed E-state index contributed by atoms with van der Waals surface area (Å²) in [5.41, 5.74) is 8.97. The van der Waals surface area contributed by atoms with E-state index >= 15 is 0 Å². The van der Waals surface area contributed by atoms with Crippen molar-refractivity contribution in [1.29, 1.82) is 0 Å². The van der Waals surface area contributed by atoms with E-state index in [1.54, 1.807) is 53.3 Å². The van der Waals surface area contributed by atoms with Crippen LogP contribution in [0.25, 0.3) is 17.2 Å². The molecule has 1 aliphatic rings. The maximum atomic E-state index is 13.4. The SMILES string of the molecule is CCCN(OCCNC(=O)N(C)C)C(=O)C1=Cc2ccc(-c3cnc(CNC(=O)OC(C)(C)C)nc3)cc2N=C(N)C1. The summed E-state index contributed by atoms with van der Waals surface area (Å²) >= 11 is 0. The van der Waals surface area contributed by atoms with Gasteiger partial charge in [0.25, 0.3) is 5.91 Å². The molecule has 13 nitrogen and oxygen atoms in total. The highest BCUT2D eigenvalue weighted by Crippen LogP contribution is 2.31. The van der Waals surface area contributed by atoms with E-state index in [0.29, 0.717) is 35.9 Å². The summed E-state index contributed by atoms with van der Waals surface area (Å²) in [6, 6.07) is 5.37. The highest BCUT2D eigenvalue weighted by Gasteiger charge is 2.23. The number of urea groups is 1. The summed E-state index contributed by atoms with van der Waals surface area (Å²) in [4.78, 5) is 57.4. The topological polar surface area (TPSA) is 164 Å². The fourth-order valence-electron chi connectivity index (χ4n) is 3.83. The van der Waals surface area contributed by atoms with Gasteiger partial charge in [0.15, 0.2) is 0 Å². The van der Waals surface area contributed by atoms with Gasteiger partial charge in [-0.25, -0.2) is 29.6 Å². The molecule has 0 atom stereocenters. The zero-order valence-corrected chi connectivity index (χ0v) is 25.1. The van der Waals surface area contributed by atoms with E-state index in [1.807, 2.05) is 25.1 Å². The zero-order valence-electron chi connectivity index (χ0n) is 25.1. The van der Waals surface area contributed by atoms with Gasteiger partial charge in [-0.05, 0) is 44.9 Å².